The molecule has 0 fully saturated rings. The molecule has 0 radical (unpaired) electrons. The number of phenols is 1. The quantitative estimate of drug-likeness (QED) is 0.261. The van der Waals surface area contributed by atoms with Crippen molar-refractivity contribution in [3.63, 3.8) is 0 Å². The number of anilines is 1. The Labute approximate surface area is 255 Å². The summed E-state index contributed by atoms with van der Waals surface area (Å²) >= 11 is 0. The molecule has 4 aliphatic carbocycles. The van der Waals surface area contributed by atoms with E-state index in [9.17, 15) is 34.8 Å². The summed E-state index contributed by atoms with van der Waals surface area (Å²) in [5.74, 6) is -0.363. The molecule has 0 aromatic heterocycles. The molecule has 0 heterocycles. The number of aliphatic hydroxyl groups excluding tert-OH is 2. The van der Waals surface area contributed by atoms with Crippen molar-refractivity contribution in [2.45, 2.75) is 50.5 Å². The van der Waals surface area contributed by atoms with Gasteiger partial charge in [-0.05, 0) is 84.9 Å². The van der Waals surface area contributed by atoms with Gasteiger partial charge < -0.3 is 31.1 Å². The molecule has 0 bridgehead atoms. The number of rotatable bonds is 3. The van der Waals surface area contributed by atoms with Crippen molar-refractivity contribution in [3.8, 4) is 28.7 Å². The molecular formula is C35H34N2O7. The monoisotopic (exact) mass is 594 g/mol. The second-order valence-electron chi connectivity index (χ2n) is 12.3. The zero-order valence-electron chi connectivity index (χ0n) is 24.6. The molecule has 1 amide bonds. The molecule has 0 unspecified atom stereocenters. The van der Waals surface area contributed by atoms with Crippen LogP contribution in [0.4, 0.5) is 5.69 Å². The van der Waals surface area contributed by atoms with Crippen molar-refractivity contribution in [2.75, 3.05) is 19.0 Å². The van der Waals surface area contributed by atoms with Gasteiger partial charge in [-0.25, -0.2) is 0 Å². The molecule has 0 spiro atoms. The molecule has 44 heavy (non-hydrogen) atoms. The number of allylic oxidation sites excluding steroid dienone is 4. The summed E-state index contributed by atoms with van der Waals surface area (Å²) in [7, 11) is 3.87. The number of nitrogens with two attached hydrogens (primary N) is 1. The molecule has 0 saturated heterocycles. The van der Waals surface area contributed by atoms with Crippen LogP contribution >= 0.6 is 0 Å². The highest BCUT2D eigenvalue weighted by atomic mass is 16.3. The Balaban J connectivity index is 1.54. The lowest BCUT2D eigenvalue weighted by Crippen LogP contribution is -2.57. The normalized spacial score (nSPS) is 24.5. The van der Waals surface area contributed by atoms with E-state index in [1.807, 2.05) is 43.3 Å². The molecule has 0 aliphatic heterocycles. The molecule has 6 rings (SSSR count). The predicted octanol–water partition coefficient (Wildman–Crippen LogP) is 4.17. The minimum Gasteiger partial charge on any atom is -0.511 e. The Bertz CT molecular complexity index is 1790. The maximum absolute atomic E-state index is 14.3. The fourth-order valence-corrected chi connectivity index (χ4v) is 7.08. The number of hydrogen-bond acceptors (Lipinski definition) is 8. The fraction of sp³-hybridized carbons (Fsp3) is 0.343. The number of ketones is 2. The highest BCUT2D eigenvalue weighted by Gasteiger charge is 2.59. The SMILES string of the molecule is CN(C)c1ccc(-c2cc(C#CC3=CCCCC3)c(O)c3c2C[C@H]2C[C@H]4CC(O)=C(C(N)=O)C(=O)[C@@]4(O)C(O)=C2C3=O)cc1. The number of amides is 1. The first-order valence-electron chi connectivity index (χ1n) is 14.8. The summed E-state index contributed by atoms with van der Waals surface area (Å²) in [5, 5.41) is 45.0. The smallest absolute Gasteiger partial charge is 0.255 e. The lowest BCUT2D eigenvalue weighted by molar-refractivity contribution is -0.144. The van der Waals surface area contributed by atoms with Crippen LogP contribution in [0, 0.1) is 23.7 Å². The van der Waals surface area contributed by atoms with Gasteiger partial charge in [0.05, 0.1) is 11.1 Å². The molecule has 0 saturated carbocycles. The number of aromatic hydroxyl groups is 1. The maximum Gasteiger partial charge on any atom is 0.255 e. The van der Waals surface area contributed by atoms with E-state index in [-0.39, 0.29) is 41.7 Å². The van der Waals surface area contributed by atoms with E-state index < -0.39 is 52.0 Å². The number of fused-ring (bicyclic) bond motifs is 3. The largest absolute Gasteiger partial charge is 0.511 e. The third-order valence-corrected chi connectivity index (χ3v) is 9.41. The van der Waals surface area contributed by atoms with Gasteiger partial charge in [0.25, 0.3) is 5.91 Å². The van der Waals surface area contributed by atoms with Gasteiger partial charge in [0, 0.05) is 37.7 Å². The second-order valence-corrected chi connectivity index (χ2v) is 12.3. The third-order valence-electron chi connectivity index (χ3n) is 9.41. The van der Waals surface area contributed by atoms with Gasteiger partial charge in [-0.2, -0.15) is 0 Å². The Kier molecular flexibility index (Phi) is 7.13. The second kappa shape index (κ2) is 10.7. The Morgan fingerprint density at radius 1 is 1.05 bits per heavy atom. The minimum atomic E-state index is -2.61. The molecule has 2 aromatic carbocycles. The van der Waals surface area contributed by atoms with Gasteiger partial charge in [0.1, 0.15) is 22.8 Å². The van der Waals surface area contributed by atoms with Crippen molar-refractivity contribution >= 4 is 23.2 Å². The zero-order valence-corrected chi connectivity index (χ0v) is 24.6. The summed E-state index contributed by atoms with van der Waals surface area (Å²) in [4.78, 5) is 41.5. The van der Waals surface area contributed by atoms with Crippen molar-refractivity contribution in [1.29, 1.82) is 0 Å². The average molecular weight is 595 g/mol. The van der Waals surface area contributed by atoms with Gasteiger partial charge in [0.15, 0.2) is 11.4 Å². The van der Waals surface area contributed by atoms with Crippen LogP contribution in [0.25, 0.3) is 11.1 Å². The number of Topliss-reactive ketones (excluding diaryl/α,β-unsaturated/α-hetero) is 2. The number of carbonyl (C=O) groups is 3. The summed E-state index contributed by atoms with van der Waals surface area (Å²) in [6, 6.07) is 9.56. The molecule has 9 heteroatoms. The summed E-state index contributed by atoms with van der Waals surface area (Å²) < 4.78 is 0. The van der Waals surface area contributed by atoms with E-state index in [1.165, 1.54) is 0 Å². The van der Waals surface area contributed by atoms with E-state index in [1.54, 1.807) is 6.07 Å². The summed E-state index contributed by atoms with van der Waals surface area (Å²) in [6.07, 6.45) is 5.99. The first-order valence-corrected chi connectivity index (χ1v) is 14.8. The first-order chi connectivity index (χ1) is 20.9. The van der Waals surface area contributed by atoms with E-state index in [0.29, 0.717) is 11.1 Å². The lowest BCUT2D eigenvalue weighted by atomic mass is 9.60. The average Bonchev–Trinajstić information content (AvgIpc) is 2.99. The molecule has 4 aliphatic rings. The topological polar surface area (TPSA) is 161 Å². The fourth-order valence-electron chi connectivity index (χ4n) is 7.08. The summed E-state index contributed by atoms with van der Waals surface area (Å²) in [6.45, 7) is 0. The van der Waals surface area contributed by atoms with Gasteiger partial charge >= 0.3 is 0 Å². The third kappa shape index (κ3) is 4.49. The van der Waals surface area contributed by atoms with Gasteiger partial charge in [-0.15, -0.1) is 0 Å². The van der Waals surface area contributed by atoms with E-state index in [2.05, 4.69) is 17.9 Å². The molecule has 2 aromatic rings. The van der Waals surface area contributed by atoms with Gasteiger partial charge in [0.2, 0.25) is 5.78 Å². The number of primary amides is 1. The summed E-state index contributed by atoms with van der Waals surface area (Å²) in [5.41, 5.74) is 5.94. The van der Waals surface area contributed by atoms with Crippen molar-refractivity contribution in [1.82, 2.24) is 0 Å². The molecule has 226 valence electrons. The van der Waals surface area contributed by atoms with Crippen molar-refractivity contribution in [3.05, 3.63) is 81.3 Å². The van der Waals surface area contributed by atoms with Crippen LogP contribution in [0.2, 0.25) is 0 Å². The molecule has 9 nitrogen and oxygen atoms in total. The van der Waals surface area contributed by atoms with Crippen LogP contribution in [0.5, 0.6) is 5.75 Å². The Hall–Kier alpha value is -4.81. The van der Waals surface area contributed by atoms with Gasteiger partial charge in [-0.3, -0.25) is 14.4 Å². The van der Waals surface area contributed by atoms with E-state index in [0.717, 1.165) is 42.5 Å². The van der Waals surface area contributed by atoms with Crippen LogP contribution in [-0.2, 0) is 16.0 Å². The number of carbonyl (C=O) groups excluding carboxylic acids is 3. The molecular weight excluding hydrogens is 560 g/mol. The Morgan fingerprint density at radius 2 is 1.77 bits per heavy atom. The first kappa shape index (κ1) is 29.3. The number of phenolic OH excluding ortho intramolecular Hbond substituents is 1. The number of nitrogens with zero attached hydrogens (tertiary/aromatic N) is 1. The lowest BCUT2D eigenvalue weighted by Gasteiger charge is -2.45. The number of aliphatic hydroxyl groups is 3. The van der Waals surface area contributed by atoms with Crippen molar-refractivity contribution < 1.29 is 34.8 Å². The van der Waals surface area contributed by atoms with Crippen LogP contribution < -0.4 is 10.6 Å². The van der Waals surface area contributed by atoms with Crippen LogP contribution in [0.1, 0.15) is 60.0 Å². The van der Waals surface area contributed by atoms with Crippen LogP contribution in [0.15, 0.2) is 64.6 Å². The van der Waals surface area contributed by atoms with Crippen molar-refractivity contribution in [2.24, 2.45) is 17.6 Å². The molecule has 3 atom stereocenters. The maximum atomic E-state index is 14.3. The molecule has 6 N–H and O–H groups in total. The highest BCUT2D eigenvalue weighted by Crippen LogP contribution is 2.52. The van der Waals surface area contributed by atoms with E-state index in [4.69, 9.17) is 5.73 Å². The highest BCUT2D eigenvalue weighted by molar-refractivity contribution is 6.24. The van der Waals surface area contributed by atoms with Crippen LogP contribution in [-0.4, -0.2) is 57.6 Å². The van der Waals surface area contributed by atoms with E-state index >= 15 is 0 Å². The minimum absolute atomic E-state index is 0.0438. The predicted molar refractivity (Wildman–Crippen MR) is 164 cm³/mol. The Morgan fingerprint density at radius 3 is 2.41 bits per heavy atom. The number of benzene rings is 2. The number of hydrogen-bond donors (Lipinski definition) is 5. The van der Waals surface area contributed by atoms with Crippen LogP contribution in [0.3, 0.4) is 0 Å². The van der Waals surface area contributed by atoms with Gasteiger partial charge in [-0.1, -0.05) is 30.0 Å². The standard InChI is InChI=1S/C35H34N2O7/c1-37(2)23-12-10-19(11-13-23)24-15-20(9-8-18-6-4-3-5-7-18)30(39)28-25(24)16-21-14-22-17-26(38)29(34(36)43)33(42)35(22,44)32(41)27(21)31(28)40/h6,10-13,15,21-22,38-39,41,44H,3-5,7,14,16-17H2,1-2H3,(H2,36,43)/t21-,22+,35+/m1/s1. The zero-order chi connectivity index (χ0) is 31.5.